The van der Waals surface area contributed by atoms with Crippen molar-refractivity contribution in [2.45, 2.75) is 40.2 Å². The van der Waals surface area contributed by atoms with Crippen molar-refractivity contribution < 1.29 is 9.53 Å². The standard InChI is InChI=1S/C17H19N3O2/c1-11-15(14-8-6-13(10-18)7-9-14)12(2)20(19-11)16(21)22-17(3,4)5/h6-9H,1-5H3. The lowest BCUT2D eigenvalue weighted by atomic mass is 10.0. The molecule has 0 atom stereocenters. The van der Waals surface area contributed by atoms with Crippen LogP contribution in [0.5, 0.6) is 0 Å². The van der Waals surface area contributed by atoms with Gasteiger partial charge in [-0.3, -0.25) is 0 Å². The highest BCUT2D eigenvalue weighted by Crippen LogP contribution is 2.27. The number of aryl methyl sites for hydroxylation is 1. The number of carbonyl (C=O) groups excluding carboxylic acids is 1. The van der Waals surface area contributed by atoms with Crippen LogP contribution in [0.3, 0.4) is 0 Å². The topological polar surface area (TPSA) is 67.9 Å². The first-order valence-corrected chi connectivity index (χ1v) is 7.03. The lowest BCUT2D eigenvalue weighted by Gasteiger charge is -2.19. The van der Waals surface area contributed by atoms with Crippen molar-refractivity contribution >= 4 is 6.09 Å². The van der Waals surface area contributed by atoms with Crippen molar-refractivity contribution in [1.82, 2.24) is 9.78 Å². The number of carbonyl (C=O) groups is 1. The van der Waals surface area contributed by atoms with Gasteiger partial charge in [-0.25, -0.2) is 4.79 Å². The molecule has 22 heavy (non-hydrogen) atoms. The van der Waals surface area contributed by atoms with Crippen LogP contribution < -0.4 is 0 Å². The SMILES string of the molecule is Cc1nn(C(=O)OC(C)(C)C)c(C)c1-c1ccc(C#N)cc1. The first-order valence-electron chi connectivity index (χ1n) is 7.03. The number of aromatic nitrogens is 2. The summed E-state index contributed by atoms with van der Waals surface area (Å²) in [4.78, 5) is 12.2. The summed E-state index contributed by atoms with van der Waals surface area (Å²) in [5.74, 6) is 0. The fourth-order valence-electron chi connectivity index (χ4n) is 2.25. The maximum Gasteiger partial charge on any atom is 0.435 e. The predicted molar refractivity (Wildman–Crippen MR) is 83.5 cm³/mol. The third kappa shape index (κ3) is 3.17. The molecule has 0 N–H and O–H groups in total. The van der Waals surface area contributed by atoms with Crippen molar-refractivity contribution in [2.75, 3.05) is 0 Å². The zero-order valence-electron chi connectivity index (χ0n) is 13.5. The molecule has 0 aliphatic heterocycles. The lowest BCUT2D eigenvalue weighted by Crippen LogP contribution is -2.28. The average Bonchev–Trinajstić information content (AvgIpc) is 2.72. The fraction of sp³-hybridized carbons (Fsp3) is 0.353. The van der Waals surface area contributed by atoms with Crippen LogP contribution in [-0.4, -0.2) is 21.5 Å². The summed E-state index contributed by atoms with van der Waals surface area (Å²) in [5, 5.41) is 13.2. The lowest BCUT2D eigenvalue weighted by molar-refractivity contribution is 0.0510. The van der Waals surface area contributed by atoms with Gasteiger partial charge in [0.2, 0.25) is 0 Å². The van der Waals surface area contributed by atoms with Gasteiger partial charge in [0.15, 0.2) is 0 Å². The van der Waals surface area contributed by atoms with Gasteiger partial charge in [0.25, 0.3) is 0 Å². The van der Waals surface area contributed by atoms with Crippen molar-refractivity contribution in [2.24, 2.45) is 0 Å². The number of hydrogen-bond acceptors (Lipinski definition) is 4. The minimum absolute atomic E-state index is 0.493. The minimum atomic E-state index is -0.571. The maximum absolute atomic E-state index is 12.2. The Morgan fingerprint density at radius 2 is 1.82 bits per heavy atom. The molecule has 0 saturated carbocycles. The Morgan fingerprint density at radius 3 is 2.32 bits per heavy atom. The zero-order chi connectivity index (χ0) is 16.5. The molecule has 0 saturated heterocycles. The van der Waals surface area contributed by atoms with E-state index in [0.29, 0.717) is 5.56 Å². The molecule has 0 bridgehead atoms. The number of ether oxygens (including phenoxy) is 1. The van der Waals surface area contributed by atoms with Crippen LogP contribution in [0.25, 0.3) is 11.1 Å². The minimum Gasteiger partial charge on any atom is -0.442 e. The van der Waals surface area contributed by atoms with E-state index in [1.165, 1.54) is 4.68 Å². The number of benzene rings is 1. The van der Waals surface area contributed by atoms with Gasteiger partial charge < -0.3 is 4.74 Å². The number of nitriles is 1. The Balaban J connectivity index is 2.43. The number of hydrogen-bond donors (Lipinski definition) is 0. The molecule has 114 valence electrons. The molecule has 0 amide bonds. The quantitative estimate of drug-likeness (QED) is 0.802. The summed E-state index contributed by atoms with van der Waals surface area (Å²) in [7, 11) is 0. The van der Waals surface area contributed by atoms with Crippen molar-refractivity contribution in [3.8, 4) is 17.2 Å². The summed E-state index contributed by atoms with van der Waals surface area (Å²) in [6, 6.07) is 9.30. The van der Waals surface area contributed by atoms with Gasteiger partial charge in [-0.2, -0.15) is 15.0 Å². The van der Waals surface area contributed by atoms with Gasteiger partial charge in [-0.1, -0.05) is 12.1 Å². The third-order valence-corrected chi connectivity index (χ3v) is 3.16. The molecule has 2 rings (SSSR count). The normalized spacial score (nSPS) is 11.1. The molecule has 0 aliphatic rings. The van der Waals surface area contributed by atoms with Gasteiger partial charge in [0, 0.05) is 5.56 Å². The second kappa shape index (κ2) is 5.64. The highest BCUT2D eigenvalue weighted by atomic mass is 16.6. The molecular weight excluding hydrogens is 278 g/mol. The van der Waals surface area contributed by atoms with Gasteiger partial charge in [-0.05, 0) is 52.3 Å². The number of rotatable bonds is 1. The molecule has 0 unspecified atom stereocenters. The first kappa shape index (κ1) is 15.8. The van der Waals surface area contributed by atoms with E-state index in [1.54, 1.807) is 12.1 Å². The predicted octanol–water partition coefficient (Wildman–Crippen LogP) is 3.82. The van der Waals surface area contributed by atoms with Gasteiger partial charge >= 0.3 is 6.09 Å². The molecule has 0 fully saturated rings. The summed E-state index contributed by atoms with van der Waals surface area (Å²) >= 11 is 0. The van der Waals surface area contributed by atoms with E-state index in [2.05, 4.69) is 11.2 Å². The second-order valence-electron chi connectivity index (χ2n) is 6.13. The Kier molecular flexibility index (Phi) is 4.05. The van der Waals surface area contributed by atoms with Crippen LogP contribution in [-0.2, 0) is 4.74 Å². The van der Waals surface area contributed by atoms with Crippen molar-refractivity contribution in [3.63, 3.8) is 0 Å². The first-order chi connectivity index (χ1) is 10.2. The molecule has 1 aromatic carbocycles. The highest BCUT2D eigenvalue weighted by Gasteiger charge is 2.23. The molecule has 1 aromatic heterocycles. The number of nitrogens with zero attached hydrogens (tertiary/aromatic N) is 3. The molecule has 1 heterocycles. The van der Waals surface area contributed by atoms with Crippen LogP contribution in [0.2, 0.25) is 0 Å². The van der Waals surface area contributed by atoms with E-state index < -0.39 is 11.7 Å². The van der Waals surface area contributed by atoms with Gasteiger partial charge in [-0.15, -0.1) is 0 Å². The molecule has 0 spiro atoms. The smallest absolute Gasteiger partial charge is 0.435 e. The Hall–Kier alpha value is -2.61. The van der Waals surface area contributed by atoms with Crippen LogP contribution >= 0.6 is 0 Å². The molecule has 5 nitrogen and oxygen atoms in total. The van der Waals surface area contributed by atoms with Crippen LogP contribution in [0.1, 0.15) is 37.7 Å². The molecule has 0 aliphatic carbocycles. The Bertz CT molecular complexity index is 744. The summed E-state index contributed by atoms with van der Waals surface area (Å²) in [6.45, 7) is 9.13. The fourth-order valence-corrected chi connectivity index (χ4v) is 2.25. The summed E-state index contributed by atoms with van der Waals surface area (Å²) in [6.07, 6.45) is -0.493. The van der Waals surface area contributed by atoms with E-state index >= 15 is 0 Å². The zero-order valence-corrected chi connectivity index (χ0v) is 13.5. The van der Waals surface area contributed by atoms with Crippen molar-refractivity contribution in [1.29, 1.82) is 5.26 Å². The molecular formula is C17H19N3O2. The van der Waals surface area contributed by atoms with Gasteiger partial charge in [0.1, 0.15) is 5.60 Å². The molecule has 5 heteroatoms. The van der Waals surface area contributed by atoms with Crippen molar-refractivity contribution in [3.05, 3.63) is 41.2 Å². The highest BCUT2D eigenvalue weighted by molar-refractivity contribution is 5.77. The van der Waals surface area contributed by atoms with Gasteiger partial charge in [0.05, 0.1) is 23.0 Å². The average molecular weight is 297 g/mol. The monoisotopic (exact) mass is 297 g/mol. The van der Waals surface area contributed by atoms with E-state index in [9.17, 15) is 4.79 Å². The Labute approximate surface area is 130 Å². The van der Waals surface area contributed by atoms with Crippen LogP contribution in [0.4, 0.5) is 4.79 Å². The molecule has 0 radical (unpaired) electrons. The largest absolute Gasteiger partial charge is 0.442 e. The van der Waals surface area contributed by atoms with Crippen LogP contribution in [0, 0.1) is 25.2 Å². The summed E-state index contributed by atoms with van der Waals surface area (Å²) < 4.78 is 6.65. The molecule has 2 aromatic rings. The van der Waals surface area contributed by atoms with E-state index in [-0.39, 0.29) is 0 Å². The van der Waals surface area contributed by atoms with E-state index in [0.717, 1.165) is 22.5 Å². The third-order valence-electron chi connectivity index (χ3n) is 3.16. The Morgan fingerprint density at radius 1 is 1.23 bits per heavy atom. The van der Waals surface area contributed by atoms with Crippen LogP contribution in [0.15, 0.2) is 24.3 Å². The maximum atomic E-state index is 12.2. The second-order valence-corrected chi connectivity index (χ2v) is 6.13. The van der Waals surface area contributed by atoms with E-state index in [1.807, 2.05) is 46.8 Å². The summed E-state index contributed by atoms with van der Waals surface area (Å²) in [5.41, 5.74) is 3.29. The van der Waals surface area contributed by atoms with E-state index in [4.69, 9.17) is 10.00 Å².